The first kappa shape index (κ1) is 17.0. The molecule has 1 saturated heterocycles. The van der Waals surface area contributed by atoms with Crippen LogP contribution in [0.4, 0.5) is 10.5 Å². The number of rotatable bonds is 3. The molecule has 2 aromatic rings. The maximum Gasteiger partial charge on any atom is 0.321 e. The van der Waals surface area contributed by atoms with E-state index in [1.165, 1.54) is 0 Å². The van der Waals surface area contributed by atoms with Crippen molar-refractivity contribution in [2.75, 3.05) is 18.4 Å². The van der Waals surface area contributed by atoms with Crippen molar-refractivity contribution < 1.29 is 14.7 Å². The predicted octanol–water partition coefficient (Wildman–Crippen LogP) is 2.66. The van der Waals surface area contributed by atoms with Gasteiger partial charge in [0.05, 0.1) is 11.6 Å². The zero-order valence-electron chi connectivity index (χ0n) is 14.3. The molecule has 2 unspecified atom stereocenters. The van der Waals surface area contributed by atoms with Gasteiger partial charge in [0.1, 0.15) is 5.69 Å². The van der Waals surface area contributed by atoms with Gasteiger partial charge in [-0.25, -0.2) is 4.79 Å². The van der Waals surface area contributed by atoms with Crippen LogP contribution in [-0.4, -0.2) is 44.9 Å². The maximum atomic E-state index is 12.7. The van der Waals surface area contributed by atoms with E-state index in [4.69, 9.17) is 0 Å². The SMILES string of the molecule is CC1CC(C(=O)O)CN(C(=O)Nc2cn(C)nc2-c2ccccc2)C1. The summed E-state index contributed by atoms with van der Waals surface area (Å²) in [6.45, 7) is 2.75. The molecule has 1 aliphatic heterocycles. The van der Waals surface area contributed by atoms with Gasteiger partial charge in [-0.2, -0.15) is 5.10 Å². The van der Waals surface area contributed by atoms with Crippen LogP contribution in [0.15, 0.2) is 36.5 Å². The van der Waals surface area contributed by atoms with Crippen LogP contribution < -0.4 is 5.32 Å². The zero-order valence-corrected chi connectivity index (χ0v) is 14.3. The first-order chi connectivity index (χ1) is 11.9. The smallest absolute Gasteiger partial charge is 0.321 e. The van der Waals surface area contributed by atoms with Crippen LogP contribution in [0.3, 0.4) is 0 Å². The lowest BCUT2D eigenvalue weighted by Gasteiger charge is -2.34. The first-order valence-corrected chi connectivity index (χ1v) is 8.32. The molecule has 1 fully saturated rings. The Kier molecular flexibility index (Phi) is 4.74. The number of benzene rings is 1. The third-order valence-corrected chi connectivity index (χ3v) is 4.41. The molecule has 0 spiro atoms. The molecular weight excluding hydrogens is 320 g/mol. The number of anilines is 1. The molecule has 2 atom stereocenters. The Morgan fingerprint density at radius 3 is 2.64 bits per heavy atom. The number of carboxylic acid groups (broad SMARTS) is 1. The fourth-order valence-corrected chi connectivity index (χ4v) is 3.28. The number of likely N-dealkylation sites (tertiary alicyclic amines) is 1. The Morgan fingerprint density at radius 2 is 1.96 bits per heavy atom. The van der Waals surface area contributed by atoms with Crippen molar-refractivity contribution >= 4 is 17.7 Å². The first-order valence-electron chi connectivity index (χ1n) is 8.32. The van der Waals surface area contributed by atoms with E-state index in [0.29, 0.717) is 24.3 Å². The number of urea groups is 1. The van der Waals surface area contributed by atoms with Crippen molar-refractivity contribution in [3.63, 3.8) is 0 Å². The molecule has 132 valence electrons. The molecule has 7 nitrogen and oxygen atoms in total. The molecule has 2 heterocycles. The van der Waals surface area contributed by atoms with E-state index in [9.17, 15) is 14.7 Å². The van der Waals surface area contributed by atoms with Gasteiger partial charge in [0, 0.05) is 31.9 Å². The fourth-order valence-electron chi connectivity index (χ4n) is 3.28. The second-order valence-electron chi connectivity index (χ2n) is 6.64. The number of carbonyl (C=O) groups is 2. The van der Waals surface area contributed by atoms with Crippen LogP contribution in [0.25, 0.3) is 11.3 Å². The number of aromatic nitrogens is 2. The number of aliphatic carboxylic acids is 1. The van der Waals surface area contributed by atoms with Gasteiger partial charge >= 0.3 is 12.0 Å². The topological polar surface area (TPSA) is 87.5 Å². The van der Waals surface area contributed by atoms with Crippen LogP contribution in [-0.2, 0) is 11.8 Å². The van der Waals surface area contributed by atoms with Crippen molar-refractivity contribution in [1.29, 1.82) is 0 Å². The van der Waals surface area contributed by atoms with Gasteiger partial charge < -0.3 is 15.3 Å². The minimum absolute atomic E-state index is 0.156. The van der Waals surface area contributed by atoms with Crippen LogP contribution in [0.5, 0.6) is 0 Å². The molecule has 0 saturated carbocycles. The number of hydrogen-bond acceptors (Lipinski definition) is 3. The number of amides is 2. The van der Waals surface area contributed by atoms with Crippen LogP contribution >= 0.6 is 0 Å². The Labute approximate surface area is 146 Å². The average Bonchev–Trinajstić information content (AvgIpc) is 2.95. The van der Waals surface area contributed by atoms with E-state index in [-0.39, 0.29) is 18.5 Å². The highest BCUT2D eigenvalue weighted by Gasteiger charge is 2.32. The van der Waals surface area contributed by atoms with Gasteiger partial charge in [-0.05, 0) is 12.3 Å². The summed E-state index contributed by atoms with van der Waals surface area (Å²) in [5.74, 6) is -1.21. The van der Waals surface area contributed by atoms with Crippen molar-refractivity contribution in [2.24, 2.45) is 18.9 Å². The standard InChI is InChI=1S/C18H22N4O3/c1-12-8-14(17(23)24)10-22(9-12)18(25)19-15-11-21(2)20-16(15)13-6-4-3-5-7-13/h3-7,11-12,14H,8-10H2,1-2H3,(H,19,25)(H,23,24). The predicted molar refractivity (Wildman–Crippen MR) is 94.1 cm³/mol. The van der Waals surface area contributed by atoms with E-state index < -0.39 is 11.9 Å². The normalized spacial score (nSPS) is 20.3. The minimum atomic E-state index is -0.851. The second-order valence-corrected chi connectivity index (χ2v) is 6.64. The van der Waals surface area contributed by atoms with Crippen LogP contribution in [0.2, 0.25) is 0 Å². The molecule has 7 heteroatoms. The fraction of sp³-hybridized carbons (Fsp3) is 0.389. The Balaban J connectivity index is 1.78. The summed E-state index contributed by atoms with van der Waals surface area (Å²) >= 11 is 0. The number of nitrogens with one attached hydrogen (secondary N) is 1. The summed E-state index contributed by atoms with van der Waals surface area (Å²) in [5, 5.41) is 16.6. The van der Waals surface area contributed by atoms with E-state index in [1.807, 2.05) is 37.3 Å². The summed E-state index contributed by atoms with van der Waals surface area (Å²) in [6, 6.07) is 9.33. The summed E-state index contributed by atoms with van der Waals surface area (Å²) in [7, 11) is 1.80. The maximum absolute atomic E-state index is 12.7. The molecule has 3 rings (SSSR count). The van der Waals surface area contributed by atoms with Crippen molar-refractivity contribution in [2.45, 2.75) is 13.3 Å². The molecule has 0 bridgehead atoms. The number of aryl methyl sites for hydroxylation is 1. The molecular formula is C18H22N4O3. The number of piperidine rings is 1. The van der Waals surface area contributed by atoms with E-state index >= 15 is 0 Å². The highest BCUT2D eigenvalue weighted by Crippen LogP contribution is 2.27. The molecule has 2 amide bonds. The second kappa shape index (κ2) is 6.96. The van der Waals surface area contributed by atoms with Gasteiger partial charge in [0.15, 0.2) is 0 Å². The molecule has 1 aromatic carbocycles. The Hall–Kier alpha value is -2.83. The highest BCUT2D eigenvalue weighted by molar-refractivity contribution is 5.93. The number of carbonyl (C=O) groups excluding carboxylic acids is 1. The molecule has 2 N–H and O–H groups in total. The number of nitrogens with zero attached hydrogens (tertiary/aromatic N) is 3. The summed E-state index contributed by atoms with van der Waals surface area (Å²) in [4.78, 5) is 25.5. The van der Waals surface area contributed by atoms with E-state index in [2.05, 4.69) is 10.4 Å². The molecule has 0 radical (unpaired) electrons. The molecule has 1 aromatic heterocycles. The quantitative estimate of drug-likeness (QED) is 0.898. The van der Waals surface area contributed by atoms with Gasteiger partial charge in [-0.3, -0.25) is 9.48 Å². The Morgan fingerprint density at radius 1 is 1.24 bits per heavy atom. The number of hydrogen-bond donors (Lipinski definition) is 2. The van der Waals surface area contributed by atoms with Crippen LogP contribution in [0, 0.1) is 11.8 Å². The summed E-state index contributed by atoms with van der Waals surface area (Å²) in [5.41, 5.74) is 2.22. The van der Waals surface area contributed by atoms with Gasteiger partial charge in [-0.1, -0.05) is 37.3 Å². The Bertz CT molecular complexity index is 772. The van der Waals surface area contributed by atoms with Crippen molar-refractivity contribution in [3.05, 3.63) is 36.5 Å². The van der Waals surface area contributed by atoms with Gasteiger partial charge in [0.2, 0.25) is 0 Å². The van der Waals surface area contributed by atoms with Gasteiger partial charge in [-0.15, -0.1) is 0 Å². The lowest BCUT2D eigenvalue weighted by molar-refractivity contribution is -0.143. The average molecular weight is 342 g/mol. The summed E-state index contributed by atoms with van der Waals surface area (Å²) in [6.07, 6.45) is 2.35. The highest BCUT2D eigenvalue weighted by atomic mass is 16.4. The van der Waals surface area contributed by atoms with E-state index in [1.54, 1.807) is 22.8 Å². The van der Waals surface area contributed by atoms with E-state index in [0.717, 1.165) is 5.56 Å². The lowest BCUT2D eigenvalue weighted by atomic mass is 9.91. The van der Waals surface area contributed by atoms with Crippen molar-refractivity contribution in [1.82, 2.24) is 14.7 Å². The molecule has 25 heavy (non-hydrogen) atoms. The third-order valence-electron chi connectivity index (χ3n) is 4.41. The molecule has 1 aliphatic rings. The minimum Gasteiger partial charge on any atom is -0.481 e. The third kappa shape index (κ3) is 3.81. The number of carboxylic acids is 1. The summed E-state index contributed by atoms with van der Waals surface area (Å²) < 4.78 is 1.65. The largest absolute Gasteiger partial charge is 0.481 e. The molecule has 0 aliphatic carbocycles. The zero-order chi connectivity index (χ0) is 18.0. The monoisotopic (exact) mass is 342 g/mol. The van der Waals surface area contributed by atoms with Crippen molar-refractivity contribution in [3.8, 4) is 11.3 Å². The lowest BCUT2D eigenvalue weighted by Crippen LogP contribution is -2.47. The van der Waals surface area contributed by atoms with Crippen LogP contribution in [0.1, 0.15) is 13.3 Å². The van der Waals surface area contributed by atoms with Gasteiger partial charge in [0.25, 0.3) is 0 Å².